The van der Waals surface area contributed by atoms with E-state index in [2.05, 4.69) is 0 Å². The number of morpholine rings is 1. The molecular formula is C15H19NO5. The van der Waals surface area contributed by atoms with Crippen molar-refractivity contribution in [3.63, 3.8) is 0 Å². The van der Waals surface area contributed by atoms with E-state index in [0.29, 0.717) is 43.4 Å². The van der Waals surface area contributed by atoms with Gasteiger partial charge in [0, 0.05) is 13.1 Å². The second kappa shape index (κ2) is 5.91. The first-order valence-electron chi connectivity index (χ1n) is 7.13. The maximum absolute atomic E-state index is 12.7. The quantitative estimate of drug-likeness (QED) is 0.868. The molecule has 0 spiro atoms. The van der Waals surface area contributed by atoms with Crippen LogP contribution in [0.15, 0.2) is 18.2 Å². The smallest absolute Gasteiger partial charge is 0.257 e. The standard InChI is InChI=1S/C15H19NO5/c1-10-7-16(8-11(9-17)21-10)15(18)12-3-2-4-13-14(12)20-6-5-19-13/h2-4,10-11,17H,5-9H2,1H3. The van der Waals surface area contributed by atoms with Crippen LogP contribution in [-0.4, -0.2) is 61.0 Å². The molecule has 0 saturated carbocycles. The summed E-state index contributed by atoms with van der Waals surface area (Å²) in [5.74, 6) is 0.992. The number of aliphatic hydroxyl groups is 1. The minimum Gasteiger partial charge on any atom is -0.486 e. The number of fused-ring (bicyclic) bond motifs is 1. The fraction of sp³-hybridized carbons (Fsp3) is 0.533. The molecule has 2 aliphatic heterocycles. The van der Waals surface area contributed by atoms with Crippen molar-refractivity contribution < 1.29 is 24.1 Å². The Labute approximate surface area is 123 Å². The van der Waals surface area contributed by atoms with Crippen LogP contribution in [0.2, 0.25) is 0 Å². The number of rotatable bonds is 2. The van der Waals surface area contributed by atoms with Crippen molar-refractivity contribution in [2.24, 2.45) is 0 Å². The molecule has 0 aromatic heterocycles. The Kier molecular flexibility index (Phi) is 3.98. The first-order valence-corrected chi connectivity index (χ1v) is 7.13. The number of carbonyl (C=O) groups is 1. The van der Waals surface area contributed by atoms with Gasteiger partial charge >= 0.3 is 0 Å². The average Bonchev–Trinajstić information content (AvgIpc) is 2.53. The van der Waals surface area contributed by atoms with Gasteiger partial charge in [0.1, 0.15) is 13.2 Å². The second-order valence-corrected chi connectivity index (χ2v) is 5.29. The highest BCUT2D eigenvalue weighted by atomic mass is 16.6. The van der Waals surface area contributed by atoms with Crippen LogP contribution in [-0.2, 0) is 4.74 Å². The van der Waals surface area contributed by atoms with Gasteiger partial charge in [-0.1, -0.05) is 6.07 Å². The summed E-state index contributed by atoms with van der Waals surface area (Å²) in [4.78, 5) is 14.4. The second-order valence-electron chi connectivity index (χ2n) is 5.29. The van der Waals surface area contributed by atoms with Gasteiger partial charge in [-0.3, -0.25) is 4.79 Å². The van der Waals surface area contributed by atoms with E-state index in [0.717, 1.165) is 0 Å². The van der Waals surface area contributed by atoms with E-state index in [1.165, 1.54) is 0 Å². The molecule has 2 heterocycles. The number of hydrogen-bond acceptors (Lipinski definition) is 5. The molecule has 1 aromatic rings. The lowest BCUT2D eigenvalue weighted by Crippen LogP contribution is -2.50. The fourth-order valence-electron chi connectivity index (χ4n) is 2.72. The van der Waals surface area contributed by atoms with Gasteiger partial charge in [0.05, 0.1) is 24.4 Å². The van der Waals surface area contributed by atoms with Crippen molar-refractivity contribution in [3.8, 4) is 11.5 Å². The van der Waals surface area contributed by atoms with E-state index >= 15 is 0 Å². The molecule has 21 heavy (non-hydrogen) atoms. The summed E-state index contributed by atoms with van der Waals surface area (Å²) < 4.78 is 16.7. The van der Waals surface area contributed by atoms with Gasteiger partial charge in [-0.05, 0) is 19.1 Å². The normalized spacial score (nSPS) is 24.8. The van der Waals surface area contributed by atoms with E-state index in [1.807, 2.05) is 6.92 Å². The molecule has 1 fully saturated rings. The number of para-hydroxylation sites is 1. The summed E-state index contributed by atoms with van der Waals surface area (Å²) in [7, 11) is 0. The minimum atomic E-state index is -0.339. The Morgan fingerprint density at radius 1 is 1.33 bits per heavy atom. The maximum Gasteiger partial charge on any atom is 0.257 e. The lowest BCUT2D eigenvalue weighted by atomic mass is 10.1. The van der Waals surface area contributed by atoms with Crippen LogP contribution in [0, 0.1) is 0 Å². The van der Waals surface area contributed by atoms with Gasteiger partial charge in [-0.2, -0.15) is 0 Å². The van der Waals surface area contributed by atoms with Crippen LogP contribution in [0.5, 0.6) is 11.5 Å². The molecule has 1 amide bonds. The lowest BCUT2D eigenvalue weighted by molar-refractivity contribution is -0.0859. The summed E-state index contributed by atoms with van der Waals surface area (Å²) in [6.07, 6.45) is -0.439. The number of benzene rings is 1. The lowest BCUT2D eigenvalue weighted by Gasteiger charge is -2.36. The third-order valence-corrected chi connectivity index (χ3v) is 3.61. The highest BCUT2D eigenvalue weighted by molar-refractivity contribution is 5.98. The van der Waals surface area contributed by atoms with Crippen molar-refractivity contribution in [1.29, 1.82) is 0 Å². The molecule has 6 heteroatoms. The van der Waals surface area contributed by atoms with E-state index in [-0.39, 0.29) is 24.7 Å². The van der Waals surface area contributed by atoms with E-state index in [1.54, 1.807) is 23.1 Å². The molecule has 0 aliphatic carbocycles. The van der Waals surface area contributed by atoms with Crippen molar-refractivity contribution in [2.45, 2.75) is 19.1 Å². The molecule has 114 valence electrons. The molecule has 0 bridgehead atoms. The van der Waals surface area contributed by atoms with Crippen molar-refractivity contribution in [3.05, 3.63) is 23.8 Å². The summed E-state index contributed by atoms with van der Waals surface area (Å²) >= 11 is 0. The third-order valence-electron chi connectivity index (χ3n) is 3.61. The number of carbonyl (C=O) groups excluding carboxylic acids is 1. The molecule has 1 N–H and O–H groups in total. The van der Waals surface area contributed by atoms with Gasteiger partial charge < -0.3 is 24.2 Å². The van der Waals surface area contributed by atoms with Crippen LogP contribution in [0.4, 0.5) is 0 Å². The monoisotopic (exact) mass is 293 g/mol. The van der Waals surface area contributed by atoms with Crippen LogP contribution < -0.4 is 9.47 Å². The summed E-state index contributed by atoms with van der Waals surface area (Å²) in [6, 6.07) is 5.32. The molecule has 6 nitrogen and oxygen atoms in total. The Bertz CT molecular complexity index is 533. The predicted molar refractivity (Wildman–Crippen MR) is 74.8 cm³/mol. The Morgan fingerprint density at radius 3 is 2.95 bits per heavy atom. The largest absolute Gasteiger partial charge is 0.486 e. The maximum atomic E-state index is 12.7. The minimum absolute atomic E-state index is 0.0966. The number of nitrogens with zero attached hydrogens (tertiary/aromatic N) is 1. The van der Waals surface area contributed by atoms with Gasteiger partial charge in [0.15, 0.2) is 11.5 Å². The van der Waals surface area contributed by atoms with E-state index < -0.39 is 0 Å². The van der Waals surface area contributed by atoms with E-state index in [4.69, 9.17) is 14.2 Å². The van der Waals surface area contributed by atoms with E-state index in [9.17, 15) is 9.90 Å². The summed E-state index contributed by atoms with van der Waals surface area (Å²) in [5.41, 5.74) is 0.498. The number of aliphatic hydroxyl groups excluding tert-OH is 1. The first-order chi connectivity index (χ1) is 10.2. The molecule has 1 aromatic carbocycles. The van der Waals surface area contributed by atoms with Gasteiger partial charge in [0.2, 0.25) is 0 Å². The summed E-state index contributed by atoms with van der Waals surface area (Å²) in [6.45, 7) is 3.61. The first kappa shape index (κ1) is 14.2. The highest BCUT2D eigenvalue weighted by Crippen LogP contribution is 2.34. The zero-order valence-electron chi connectivity index (χ0n) is 11.9. The molecule has 2 unspecified atom stereocenters. The zero-order chi connectivity index (χ0) is 14.8. The number of amides is 1. The molecule has 3 rings (SSSR count). The van der Waals surface area contributed by atoms with Gasteiger partial charge in [-0.25, -0.2) is 0 Å². The number of ether oxygens (including phenoxy) is 3. The van der Waals surface area contributed by atoms with Crippen LogP contribution in [0.25, 0.3) is 0 Å². The Morgan fingerprint density at radius 2 is 2.14 bits per heavy atom. The van der Waals surface area contributed by atoms with Crippen molar-refractivity contribution in [1.82, 2.24) is 4.90 Å². The number of hydrogen-bond donors (Lipinski definition) is 1. The predicted octanol–water partition coefficient (Wildman–Crippen LogP) is 0.680. The molecule has 0 radical (unpaired) electrons. The Hall–Kier alpha value is -1.79. The molecule has 2 aliphatic rings. The van der Waals surface area contributed by atoms with Gasteiger partial charge in [-0.15, -0.1) is 0 Å². The average molecular weight is 293 g/mol. The van der Waals surface area contributed by atoms with Crippen LogP contribution in [0.3, 0.4) is 0 Å². The molecule has 1 saturated heterocycles. The Balaban J connectivity index is 1.85. The SMILES string of the molecule is CC1CN(C(=O)c2cccc3c2OCCO3)CC(CO)O1. The fourth-order valence-corrected chi connectivity index (χ4v) is 2.72. The zero-order valence-corrected chi connectivity index (χ0v) is 11.9. The highest BCUT2D eigenvalue weighted by Gasteiger charge is 2.31. The topological polar surface area (TPSA) is 68.2 Å². The van der Waals surface area contributed by atoms with Crippen LogP contribution >= 0.6 is 0 Å². The summed E-state index contributed by atoms with van der Waals surface area (Å²) in [5, 5.41) is 9.26. The van der Waals surface area contributed by atoms with Gasteiger partial charge in [0.25, 0.3) is 5.91 Å². The third kappa shape index (κ3) is 2.82. The van der Waals surface area contributed by atoms with Crippen LogP contribution in [0.1, 0.15) is 17.3 Å². The van der Waals surface area contributed by atoms with Crippen molar-refractivity contribution in [2.75, 3.05) is 32.9 Å². The molecular weight excluding hydrogens is 274 g/mol. The van der Waals surface area contributed by atoms with Crippen molar-refractivity contribution >= 4 is 5.91 Å². The molecule has 2 atom stereocenters.